The fourth-order valence-corrected chi connectivity index (χ4v) is 3.93. The highest BCUT2D eigenvalue weighted by atomic mass is 32.2. The van der Waals surface area contributed by atoms with E-state index in [1.807, 2.05) is 11.8 Å². The molecule has 2 atom stereocenters. The van der Waals surface area contributed by atoms with E-state index in [1.54, 1.807) is 0 Å². The second-order valence-corrected chi connectivity index (χ2v) is 5.05. The van der Waals surface area contributed by atoms with Gasteiger partial charge < -0.3 is 5.73 Å². The summed E-state index contributed by atoms with van der Waals surface area (Å²) >= 11 is 4.10. The predicted molar refractivity (Wildman–Crippen MR) is 51.8 cm³/mol. The molecule has 0 spiro atoms. The molecule has 1 heterocycles. The molecule has 0 saturated carbocycles. The maximum absolute atomic E-state index is 5.91. The first kappa shape index (κ1) is 8.75. The zero-order chi connectivity index (χ0) is 7.40. The first-order chi connectivity index (χ1) is 4.84. The Labute approximate surface area is 71.5 Å². The number of rotatable bonds is 2. The van der Waals surface area contributed by atoms with Gasteiger partial charge in [-0.15, -0.1) is 0 Å². The second kappa shape index (κ2) is 4.52. The third-order valence-electron chi connectivity index (χ3n) is 1.79. The molecule has 0 aromatic carbocycles. The summed E-state index contributed by atoms with van der Waals surface area (Å²) in [5, 5.41) is 0.726. The molecule has 1 nitrogen and oxygen atoms in total. The maximum atomic E-state index is 5.91. The predicted octanol–water partition coefficient (Wildman–Crippen LogP) is 1.57. The summed E-state index contributed by atoms with van der Waals surface area (Å²) in [6.45, 7) is 2.17. The minimum atomic E-state index is 0.429. The van der Waals surface area contributed by atoms with Crippen LogP contribution < -0.4 is 5.73 Å². The lowest BCUT2D eigenvalue weighted by atomic mass is 10.2. The van der Waals surface area contributed by atoms with Crippen molar-refractivity contribution in [2.45, 2.75) is 24.6 Å². The van der Waals surface area contributed by atoms with E-state index in [0.29, 0.717) is 6.04 Å². The topological polar surface area (TPSA) is 26.0 Å². The molecule has 1 saturated heterocycles. The molecular formula is C7H15NS2. The van der Waals surface area contributed by atoms with Crippen molar-refractivity contribution in [3.8, 4) is 0 Å². The monoisotopic (exact) mass is 177 g/mol. The number of thioether (sulfide) groups is 2. The fraction of sp³-hybridized carbons (Fsp3) is 1.00. The van der Waals surface area contributed by atoms with E-state index in [9.17, 15) is 0 Å². The lowest BCUT2D eigenvalue weighted by molar-refractivity contribution is 0.646. The van der Waals surface area contributed by atoms with Crippen molar-refractivity contribution >= 4 is 23.5 Å². The minimum absolute atomic E-state index is 0.429. The molecule has 0 aromatic rings. The minimum Gasteiger partial charge on any atom is -0.327 e. The van der Waals surface area contributed by atoms with Crippen LogP contribution in [0.3, 0.4) is 0 Å². The van der Waals surface area contributed by atoms with E-state index in [2.05, 4.69) is 18.7 Å². The Morgan fingerprint density at radius 1 is 1.60 bits per heavy atom. The zero-order valence-corrected chi connectivity index (χ0v) is 8.01. The van der Waals surface area contributed by atoms with Gasteiger partial charge in [-0.2, -0.15) is 23.5 Å². The van der Waals surface area contributed by atoms with Gasteiger partial charge in [-0.3, -0.25) is 0 Å². The summed E-state index contributed by atoms with van der Waals surface area (Å²) in [6.07, 6.45) is 1.12. The molecule has 60 valence electrons. The summed E-state index contributed by atoms with van der Waals surface area (Å²) in [5.74, 6) is 3.88. The first-order valence-electron chi connectivity index (χ1n) is 3.79. The standard InChI is InChI=1S/C7H15NS2/c1-2-6(8)7-5-9-3-4-10-7/h6-7H,2-5,8H2,1H3/t6-,7?/m0/s1. The van der Waals surface area contributed by atoms with E-state index in [4.69, 9.17) is 5.73 Å². The average molecular weight is 177 g/mol. The van der Waals surface area contributed by atoms with Crippen LogP contribution in [-0.4, -0.2) is 28.6 Å². The SMILES string of the molecule is CC[C@H](N)C1CSCCS1. The molecule has 1 aliphatic heterocycles. The highest BCUT2D eigenvalue weighted by molar-refractivity contribution is 8.06. The van der Waals surface area contributed by atoms with Crippen molar-refractivity contribution in [2.24, 2.45) is 5.73 Å². The smallest absolute Gasteiger partial charge is 0.0289 e. The second-order valence-electron chi connectivity index (χ2n) is 2.56. The van der Waals surface area contributed by atoms with E-state index in [0.717, 1.165) is 11.7 Å². The summed E-state index contributed by atoms with van der Waals surface area (Å²) in [4.78, 5) is 0. The van der Waals surface area contributed by atoms with Gasteiger partial charge in [-0.25, -0.2) is 0 Å². The van der Waals surface area contributed by atoms with E-state index >= 15 is 0 Å². The number of nitrogens with two attached hydrogens (primary N) is 1. The largest absolute Gasteiger partial charge is 0.327 e. The molecule has 0 radical (unpaired) electrons. The molecule has 0 aliphatic carbocycles. The Kier molecular flexibility index (Phi) is 3.96. The molecular weight excluding hydrogens is 162 g/mol. The van der Waals surface area contributed by atoms with Crippen molar-refractivity contribution in [2.75, 3.05) is 17.3 Å². The summed E-state index contributed by atoms with van der Waals surface area (Å²) in [5.41, 5.74) is 5.91. The van der Waals surface area contributed by atoms with Gasteiger partial charge in [0, 0.05) is 28.6 Å². The number of hydrogen-bond donors (Lipinski definition) is 1. The molecule has 2 N–H and O–H groups in total. The van der Waals surface area contributed by atoms with Crippen LogP contribution in [0.4, 0.5) is 0 Å². The third kappa shape index (κ3) is 2.36. The van der Waals surface area contributed by atoms with Crippen LogP contribution in [-0.2, 0) is 0 Å². The van der Waals surface area contributed by atoms with Crippen molar-refractivity contribution in [1.29, 1.82) is 0 Å². The Bertz CT molecular complexity index is 91.6. The molecule has 1 fully saturated rings. The van der Waals surface area contributed by atoms with Crippen LogP contribution in [0.5, 0.6) is 0 Å². The van der Waals surface area contributed by atoms with Crippen LogP contribution in [0.15, 0.2) is 0 Å². The fourth-order valence-electron chi connectivity index (χ4n) is 1.02. The average Bonchev–Trinajstić information content (AvgIpc) is 2.05. The van der Waals surface area contributed by atoms with Crippen LogP contribution >= 0.6 is 23.5 Å². The van der Waals surface area contributed by atoms with E-state index in [-0.39, 0.29) is 0 Å². The molecule has 10 heavy (non-hydrogen) atoms. The van der Waals surface area contributed by atoms with Crippen molar-refractivity contribution in [3.63, 3.8) is 0 Å². The molecule has 0 amide bonds. The van der Waals surface area contributed by atoms with Crippen LogP contribution in [0.1, 0.15) is 13.3 Å². The lowest BCUT2D eigenvalue weighted by Gasteiger charge is -2.25. The first-order valence-corrected chi connectivity index (χ1v) is 6.00. The Morgan fingerprint density at radius 3 is 2.90 bits per heavy atom. The molecule has 1 rings (SSSR count). The van der Waals surface area contributed by atoms with E-state index in [1.165, 1.54) is 17.3 Å². The molecule has 0 bridgehead atoms. The van der Waals surface area contributed by atoms with Gasteiger partial charge in [-0.05, 0) is 6.42 Å². The molecule has 1 unspecified atom stereocenters. The van der Waals surface area contributed by atoms with Crippen molar-refractivity contribution in [1.82, 2.24) is 0 Å². The maximum Gasteiger partial charge on any atom is 0.0289 e. The van der Waals surface area contributed by atoms with Gasteiger partial charge >= 0.3 is 0 Å². The van der Waals surface area contributed by atoms with Crippen LogP contribution in [0, 0.1) is 0 Å². The van der Waals surface area contributed by atoms with E-state index < -0.39 is 0 Å². The molecule has 3 heteroatoms. The summed E-state index contributed by atoms with van der Waals surface area (Å²) < 4.78 is 0. The summed E-state index contributed by atoms with van der Waals surface area (Å²) in [7, 11) is 0. The molecule has 0 aromatic heterocycles. The van der Waals surface area contributed by atoms with Gasteiger partial charge in [0.2, 0.25) is 0 Å². The van der Waals surface area contributed by atoms with Gasteiger partial charge in [0.1, 0.15) is 0 Å². The highest BCUT2D eigenvalue weighted by Gasteiger charge is 2.19. The Morgan fingerprint density at radius 2 is 2.40 bits per heavy atom. The Hall–Kier alpha value is 0.660. The van der Waals surface area contributed by atoms with Gasteiger partial charge in [0.05, 0.1) is 0 Å². The van der Waals surface area contributed by atoms with Gasteiger partial charge in [0.15, 0.2) is 0 Å². The highest BCUT2D eigenvalue weighted by Crippen LogP contribution is 2.26. The van der Waals surface area contributed by atoms with Gasteiger partial charge in [-0.1, -0.05) is 6.92 Å². The van der Waals surface area contributed by atoms with Crippen molar-refractivity contribution < 1.29 is 0 Å². The zero-order valence-electron chi connectivity index (χ0n) is 6.38. The third-order valence-corrected chi connectivity index (χ3v) is 4.73. The Balaban J connectivity index is 2.24. The summed E-state index contributed by atoms with van der Waals surface area (Å²) in [6, 6.07) is 0.429. The van der Waals surface area contributed by atoms with Gasteiger partial charge in [0.25, 0.3) is 0 Å². The van der Waals surface area contributed by atoms with Crippen LogP contribution in [0.2, 0.25) is 0 Å². The number of hydrogen-bond acceptors (Lipinski definition) is 3. The lowest BCUT2D eigenvalue weighted by Crippen LogP contribution is -2.35. The normalized spacial score (nSPS) is 30.0. The quantitative estimate of drug-likeness (QED) is 0.693. The van der Waals surface area contributed by atoms with Crippen LogP contribution in [0.25, 0.3) is 0 Å². The van der Waals surface area contributed by atoms with Crippen molar-refractivity contribution in [3.05, 3.63) is 0 Å². The molecule has 1 aliphatic rings.